The predicted molar refractivity (Wildman–Crippen MR) is 193 cm³/mol. The van der Waals surface area contributed by atoms with Crippen LogP contribution < -0.4 is 21.1 Å². The number of azo groups is 1. The average Bonchev–Trinajstić information content (AvgIpc) is 3.43. The molecule has 0 aliphatic rings. The third kappa shape index (κ3) is 9.13. The summed E-state index contributed by atoms with van der Waals surface area (Å²) in [5, 5.41) is 47.1. The quantitative estimate of drug-likeness (QED) is 0.0447. The summed E-state index contributed by atoms with van der Waals surface area (Å²) in [7, 11) is -4.62. The molecule has 8 N–H and O–H groups in total. The van der Waals surface area contributed by atoms with Gasteiger partial charge in [-0.1, -0.05) is 32.4 Å². The molecule has 2 heterocycles. The van der Waals surface area contributed by atoms with Gasteiger partial charge in [-0.15, -0.1) is 10.2 Å². The van der Waals surface area contributed by atoms with E-state index < -0.39 is 38.3 Å². The molecule has 0 radical (unpaired) electrons. The standard InChI is InChI=1S/C32H27ClN10O11S/c1-32(2,3)24-23(41-40-22-12-20(55(51,52)53)4-5-21(22)33)25(34)43(42-24)31-38-29(35-17-7-14(26(45)46)6-15(8-17)27(47)48)37-30(39-31)36-18-9-16(28(49)50)10-19(11-18)54-13-44/h4-13H,34H2,1-3H3,(H,45,46)(H,47,48)(H,49,50)(H,51,52,53)(H2,35,36,37,38,39)/b41-40+. The van der Waals surface area contributed by atoms with Crippen molar-refractivity contribution >= 4 is 86.6 Å². The van der Waals surface area contributed by atoms with E-state index in [1.165, 1.54) is 18.2 Å². The fourth-order valence-electron chi connectivity index (χ4n) is 4.71. The van der Waals surface area contributed by atoms with Crippen molar-refractivity contribution in [3.8, 4) is 11.7 Å². The highest BCUT2D eigenvalue weighted by atomic mass is 35.5. The monoisotopic (exact) mass is 794 g/mol. The first-order valence-corrected chi connectivity index (χ1v) is 17.0. The lowest BCUT2D eigenvalue weighted by atomic mass is 9.91. The average molecular weight is 795 g/mol. The van der Waals surface area contributed by atoms with Gasteiger partial charge in [0.1, 0.15) is 11.4 Å². The molecule has 0 atom stereocenters. The topological polar surface area (TPSA) is 324 Å². The van der Waals surface area contributed by atoms with Crippen LogP contribution in [0.5, 0.6) is 5.75 Å². The van der Waals surface area contributed by atoms with Crippen LogP contribution in [0.2, 0.25) is 5.02 Å². The molecule has 0 aliphatic carbocycles. The summed E-state index contributed by atoms with van der Waals surface area (Å²) in [4.78, 5) is 58.8. The Bertz CT molecular complexity index is 2500. The fraction of sp³-hybridized carbons (Fsp3) is 0.125. The fourth-order valence-corrected chi connectivity index (χ4v) is 5.36. The van der Waals surface area contributed by atoms with Crippen LogP contribution in [0.4, 0.5) is 40.5 Å². The number of halogens is 1. The summed E-state index contributed by atoms with van der Waals surface area (Å²) in [6.07, 6.45) is 0. The van der Waals surface area contributed by atoms with Crippen LogP contribution in [0.3, 0.4) is 0 Å². The van der Waals surface area contributed by atoms with Gasteiger partial charge in [-0.2, -0.15) is 33.2 Å². The Hall–Kier alpha value is -7.04. The van der Waals surface area contributed by atoms with Crippen molar-refractivity contribution in [1.82, 2.24) is 24.7 Å². The zero-order valence-electron chi connectivity index (χ0n) is 28.4. The molecule has 0 fully saturated rings. The van der Waals surface area contributed by atoms with Crippen molar-refractivity contribution in [3.05, 3.63) is 82.0 Å². The largest absolute Gasteiger partial charge is 0.478 e. The number of nitrogen functional groups attached to an aromatic ring is 1. The molecule has 0 unspecified atom stereocenters. The van der Waals surface area contributed by atoms with Crippen LogP contribution in [0.1, 0.15) is 57.5 Å². The normalized spacial score (nSPS) is 11.7. The number of aromatic nitrogens is 5. The minimum absolute atomic E-state index is 0.0168. The Labute approximate surface area is 314 Å². The SMILES string of the molecule is CC(C)(C)c1nn(-c2nc(Nc3cc(OC=O)cc(C(=O)O)c3)nc(Nc3cc(C(=O)O)cc(C(=O)O)c3)n2)c(N)c1/N=N/c1cc(S(=O)(=O)O)ccc1Cl. The lowest BCUT2D eigenvalue weighted by molar-refractivity contribution is -0.120. The highest BCUT2D eigenvalue weighted by molar-refractivity contribution is 7.85. The van der Waals surface area contributed by atoms with Crippen LogP contribution in [-0.4, -0.2) is 77.4 Å². The molecule has 23 heteroatoms. The van der Waals surface area contributed by atoms with Crippen molar-refractivity contribution in [1.29, 1.82) is 0 Å². The van der Waals surface area contributed by atoms with E-state index in [0.29, 0.717) is 0 Å². The number of hydrogen-bond acceptors (Lipinski definition) is 16. The highest BCUT2D eigenvalue weighted by Gasteiger charge is 2.28. The number of nitrogens with zero attached hydrogens (tertiary/aromatic N) is 7. The molecule has 0 bridgehead atoms. The summed E-state index contributed by atoms with van der Waals surface area (Å²) in [5.74, 6) is -5.53. The lowest BCUT2D eigenvalue weighted by Gasteiger charge is -2.15. The Morgan fingerprint density at radius 2 is 1.40 bits per heavy atom. The summed E-state index contributed by atoms with van der Waals surface area (Å²) in [6, 6.07) is 9.93. The highest BCUT2D eigenvalue weighted by Crippen LogP contribution is 2.39. The first kappa shape index (κ1) is 39.2. The molecule has 0 spiro atoms. The number of anilines is 5. The van der Waals surface area contributed by atoms with Crippen molar-refractivity contribution in [2.24, 2.45) is 10.2 Å². The van der Waals surface area contributed by atoms with Gasteiger partial charge in [-0.25, -0.2) is 14.4 Å². The number of nitrogens with two attached hydrogens (primary N) is 1. The van der Waals surface area contributed by atoms with E-state index in [2.05, 4.69) is 40.9 Å². The molecule has 2 aromatic heterocycles. The Kier molecular flexibility index (Phi) is 10.8. The molecule has 21 nitrogen and oxygen atoms in total. The maximum absolute atomic E-state index is 11.8. The molecule has 55 heavy (non-hydrogen) atoms. The van der Waals surface area contributed by atoms with Gasteiger partial charge in [0.25, 0.3) is 22.5 Å². The number of aromatic carboxylic acids is 3. The molecule has 0 amide bonds. The lowest BCUT2D eigenvalue weighted by Crippen LogP contribution is -2.15. The van der Waals surface area contributed by atoms with Gasteiger partial charge >= 0.3 is 17.9 Å². The first-order chi connectivity index (χ1) is 25.7. The molecule has 0 aliphatic heterocycles. The van der Waals surface area contributed by atoms with Gasteiger partial charge in [0.05, 0.1) is 32.3 Å². The van der Waals surface area contributed by atoms with Gasteiger partial charge < -0.3 is 36.4 Å². The van der Waals surface area contributed by atoms with Crippen LogP contribution in [0, 0.1) is 0 Å². The second-order valence-electron chi connectivity index (χ2n) is 12.2. The number of carboxylic acids is 3. The van der Waals surface area contributed by atoms with E-state index in [1.54, 1.807) is 20.8 Å². The third-order valence-electron chi connectivity index (χ3n) is 7.17. The van der Waals surface area contributed by atoms with Crippen LogP contribution in [-0.2, 0) is 20.3 Å². The van der Waals surface area contributed by atoms with Crippen molar-refractivity contribution < 1.29 is 52.2 Å². The second kappa shape index (κ2) is 15.1. The van der Waals surface area contributed by atoms with E-state index in [9.17, 15) is 47.5 Å². The molecule has 0 saturated carbocycles. The Balaban J connectivity index is 1.69. The summed E-state index contributed by atoms with van der Waals surface area (Å²) >= 11 is 6.21. The molecule has 284 valence electrons. The van der Waals surface area contributed by atoms with Gasteiger partial charge in [0.2, 0.25) is 11.9 Å². The molecule has 0 saturated heterocycles. The van der Waals surface area contributed by atoms with Gasteiger partial charge in [0, 0.05) is 22.9 Å². The summed E-state index contributed by atoms with van der Waals surface area (Å²) < 4.78 is 38.8. The predicted octanol–water partition coefficient (Wildman–Crippen LogP) is 5.37. The number of carbonyl (C=O) groups is 4. The number of benzene rings is 3. The summed E-state index contributed by atoms with van der Waals surface area (Å²) in [6.45, 7) is 5.38. The zero-order chi connectivity index (χ0) is 40.4. The molecule has 3 aromatic carbocycles. The molecular formula is C32H27ClN10O11S. The number of nitrogens with one attached hydrogen (secondary N) is 2. The first-order valence-electron chi connectivity index (χ1n) is 15.2. The van der Waals surface area contributed by atoms with Crippen molar-refractivity contribution in [2.75, 3.05) is 16.4 Å². The maximum Gasteiger partial charge on any atom is 0.335 e. The van der Waals surface area contributed by atoms with Gasteiger partial charge in [0.15, 0.2) is 11.5 Å². The van der Waals surface area contributed by atoms with Gasteiger partial charge in [-0.3, -0.25) is 9.35 Å². The molecular weight excluding hydrogens is 768 g/mol. The van der Waals surface area contributed by atoms with Gasteiger partial charge in [-0.05, 0) is 48.5 Å². The van der Waals surface area contributed by atoms with E-state index in [-0.39, 0.29) is 86.0 Å². The Morgan fingerprint density at radius 1 is 0.855 bits per heavy atom. The minimum atomic E-state index is -4.62. The number of carboxylic acid groups (broad SMARTS) is 3. The van der Waals surface area contributed by atoms with E-state index >= 15 is 0 Å². The third-order valence-corrected chi connectivity index (χ3v) is 8.34. The van der Waals surface area contributed by atoms with Crippen molar-refractivity contribution in [3.63, 3.8) is 0 Å². The van der Waals surface area contributed by atoms with Crippen LogP contribution in [0.25, 0.3) is 5.95 Å². The zero-order valence-corrected chi connectivity index (χ0v) is 30.0. The minimum Gasteiger partial charge on any atom is -0.478 e. The number of ether oxygens (including phenoxy) is 1. The number of rotatable bonds is 13. The number of carbonyl (C=O) groups excluding carboxylic acids is 1. The molecule has 5 aromatic rings. The number of hydrogen-bond donors (Lipinski definition) is 7. The summed E-state index contributed by atoms with van der Waals surface area (Å²) in [5.41, 5.74) is 4.69. The Morgan fingerprint density at radius 3 is 1.91 bits per heavy atom. The maximum atomic E-state index is 11.8. The molecule has 5 rings (SSSR count). The van der Waals surface area contributed by atoms with Crippen molar-refractivity contribution in [2.45, 2.75) is 31.1 Å². The van der Waals surface area contributed by atoms with E-state index in [1.807, 2.05) is 0 Å². The smallest absolute Gasteiger partial charge is 0.335 e. The van der Waals surface area contributed by atoms with Crippen LogP contribution in [0.15, 0.2) is 69.7 Å². The van der Waals surface area contributed by atoms with Crippen LogP contribution >= 0.6 is 11.6 Å². The van der Waals surface area contributed by atoms with E-state index in [4.69, 9.17) is 22.1 Å². The second-order valence-corrected chi connectivity index (χ2v) is 14.1. The van der Waals surface area contributed by atoms with E-state index in [0.717, 1.165) is 41.1 Å².